The third-order valence-electron chi connectivity index (χ3n) is 6.36. The molecule has 1 aliphatic carbocycles. The molecule has 0 unspecified atom stereocenters. The van der Waals surface area contributed by atoms with Crippen LogP contribution in [0.1, 0.15) is 42.9 Å². The predicted molar refractivity (Wildman–Crippen MR) is 105 cm³/mol. The SMILES string of the molecule is CNC1(c2cccc(Cl)c2)CCC(C(=O)N2CCn3c(nnc3C(F)(F)F)C2)CC1. The Labute approximate surface area is 177 Å². The van der Waals surface area contributed by atoms with Crippen molar-refractivity contribution in [1.82, 2.24) is 25.0 Å². The minimum atomic E-state index is -4.54. The van der Waals surface area contributed by atoms with Gasteiger partial charge in [-0.3, -0.25) is 4.79 Å². The normalized spacial score (nSPS) is 24.6. The van der Waals surface area contributed by atoms with Crippen molar-refractivity contribution in [3.05, 3.63) is 46.5 Å². The van der Waals surface area contributed by atoms with Crippen LogP contribution < -0.4 is 5.32 Å². The van der Waals surface area contributed by atoms with Crippen LogP contribution in [0.2, 0.25) is 5.02 Å². The molecule has 30 heavy (non-hydrogen) atoms. The molecule has 1 N–H and O–H groups in total. The van der Waals surface area contributed by atoms with Gasteiger partial charge < -0.3 is 14.8 Å². The van der Waals surface area contributed by atoms with Gasteiger partial charge in [-0.15, -0.1) is 10.2 Å². The summed E-state index contributed by atoms with van der Waals surface area (Å²) in [6.45, 7) is 0.345. The van der Waals surface area contributed by atoms with Crippen molar-refractivity contribution in [2.75, 3.05) is 13.6 Å². The number of rotatable bonds is 3. The molecule has 1 aliphatic heterocycles. The van der Waals surface area contributed by atoms with Crippen LogP contribution in [-0.2, 0) is 29.6 Å². The Morgan fingerprint density at radius 3 is 2.60 bits per heavy atom. The summed E-state index contributed by atoms with van der Waals surface area (Å²) in [5.74, 6) is -0.986. The summed E-state index contributed by atoms with van der Waals surface area (Å²) in [5.41, 5.74) is 0.875. The lowest BCUT2D eigenvalue weighted by Crippen LogP contribution is -2.47. The molecular formula is C20H23ClF3N5O. The minimum absolute atomic E-state index is 0.0198. The number of aromatic nitrogens is 3. The molecule has 1 fully saturated rings. The average Bonchev–Trinajstić information content (AvgIpc) is 3.17. The number of halogens is 4. The van der Waals surface area contributed by atoms with Crippen LogP contribution in [0, 0.1) is 5.92 Å². The van der Waals surface area contributed by atoms with Crippen LogP contribution in [0.5, 0.6) is 0 Å². The molecule has 10 heteroatoms. The van der Waals surface area contributed by atoms with Crippen molar-refractivity contribution >= 4 is 17.5 Å². The highest BCUT2D eigenvalue weighted by molar-refractivity contribution is 6.30. The van der Waals surface area contributed by atoms with Gasteiger partial charge in [0.25, 0.3) is 0 Å². The fraction of sp³-hybridized carbons (Fsp3) is 0.550. The molecule has 2 aromatic rings. The first-order valence-corrected chi connectivity index (χ1v) is 10.3. The lowest BCUT2D eigenvalue weighted by Gasteiger charge is -2.41. The third-order valence-corrected chi connectivity index (χ3v) is 6.60. The van der Waals surface area contributed by atoms with Crippen molar-refractivity contribution in [1.29, 1.82) is 0 Å². The molecule has 1 saturated carbocycles. The summed E-state index contributed by atoms with van der Waals surface area (Å²) in [6, 6.07) is 7.76. The van der Waals surface area contributed by atoms with Crippen LogP contribution in [0.3, 0.4) is 0 Å². The zero-order chi connectivity index (χ0) is 21.5. The summed E-state index contributed by atoms with van der Waals surface area (Å²) in [6.07, 6.45) is -1.59. The van der Waals surface area contributed by atoms with E-state index in [1.165, 1.54) is 0 Å². The summed E-state index contributed by atoms with van der Waals surface area (Å²) in [5, 5.41) is 11.0. The van der Waals surface area contributed by atoms with E-state index in [1.807, 2.05) is 31.3 Å². The number of fused-ring (bicyclic) bond motifs is 1. The number of carbonyl (C=O) groups is 1. The molecule has 2 heterocycles. The van der Waals surface area contributed by atoms with Gasteiger partial charge in [0.1, 0.15) is 0 Å². The van der Waals surface area contributed by atoms with Gasteiger partial charge in [0, 0.05) is 29.6 Å². The zero-order valence-corrected chi connectivity index (χ0v) is 17.3. The minimum Gasteiger partial charge on any atom is -0.333 e. The third kappa shape index (κ3) is 3.80. The summed E-state index contributed by atoms with van der Waals surface area (Å²) in [7, 11) is 1.92. The maximum absolute atomic E-state index is 13.1. The highest BCUT2D eigenvalue weighted by atomic mass is 35.5. The van der Waals surface area contributed by atoms with E-state index >= 15 is 0 Å². The van der Waals surface area contributed by atoms with E-state index in [4.69, 9.17) is 11.6 Å². The maximum Gasteiger partial charge on any atom is 0.451 e. The van der Waals surface area contributed by atoms with E-state index in [0.717, 1.165) is 23.0 Å². The molecule has 1 amide bonds. The molecule has 1 aromatic carbocycles. The Kier molecular flexibility index (Phi) is 5.52. The topological polar surface area (TPSA) is 63.1 Å². The van der Waals surface area contributed by atoms with Crippen LogP contribution >= 0.6 is 11.6 Å². The predicted octanol–water partition coefficient (Wildman–Crippen LogP) is 3.60. The second kappa shape index (κ2) is 7.85. The molecule has 2 aliphatic rings. The summed E-state index contributed by atoms with van der Waals surface area (Å²) in [4.78, 5) is 14.7. The van der Waals surface area contributed by atoms with Crippen molar-refractivity contribution < 1.29 is 18.0 Å². The zero-order valence-electron chi connectivity index (χ0n) is 16.5. The number of hydrogen-bond acceptors (Lipinski definition) is 4. The second-order valence-corrected chi connectivity index (χ2v) is 8.40. The first-order valence-electron chi connectivity index (χ1n) is 9.96. The monoisotopic (exact) mass is 441 g/mol. The lowest BCUT2D eigenvalue weighted by molar-refractivity contribution is -0.148. The Morgan fingerprint density at radius 1 is 1.23 bits per heavy atom. The Balaban J connectivity index is 1.43. The van der Waals surface area contributed by atoms with Gasteiger partial charge in [-0.05, 0) is 50.4 Å². The molecule has 0 spiro atoms. The average molecular weight is 442 g/mol. The number of alkyl halides is 3. The Hall–Kier alpha value is -2.13. The van der Waals surface area contributed by atoms with Gasteiger partial charge in [0.15, 0.2) is 5.82 Å². The number of carbonyl (C=O) groups excluding carboxylic acids is 1. The Bertz CT molecular complexity index is 937. The fourth-order valence-corrected chi connectivity index (χ4v) is 4.83. The first kappa shape index (κ1) is 21.1. The smallest absolute Gasteiger partial charge is 0.333 e. The number of nitrogens with one attached hydrogen (secondary N) is 1. The van der Waals surface area contributed by atoms with Gasteiger partial charge >= 0.3 is 6.18 Å². The number of benzene rings is 1. The van der Waals surface area contributed by atoms with Crippen LogP contribution in [-0.4, -0.2) is 39.2 Å². The number of amides is 1. The molecule has 6 nitrogen and oxygen atoms in total. The molecule has 162 valence electrons. The molecule has 0 radical (unpaired) electrons. The Morgan fingerprint density at radius 2 is 1.97 bits per heavy atom. The van der Waals surface area contributed by atoms with Gasteiger partial charge in [-0.1, -0.05) is 23.7 Å². The van der Waals surface area contributed by atoms with E-state index < -0.39 is 12.0 Å². The van der Waals surface area contributed by atoms with Crippen molar-refractivity contribution in [3.63, 3.8) is 0 Å². The standard InChI is InChI=1S/C20H23ClF3N5O/c1-25-19(14-3-2-4-15(21)11-14)7-5-13(6-8-19)17(30)28-9-10-29-16(12-28)26-27-18(29)20(22,23)24/h2-4,11,13,25H,5-10,12H2,1H3. The van der Waals surface area contributed by atoms with E-state index in [-0.39, 0.29) is 42.8 Å². The van der Waals surface area contributed by atoms with Gasteiger partial charge in [0.05, 0.1) is 6.54 Å². The molecule has 1 aromatic heterocycles. The van der Waals surface area contributed by atoms with Crippen molar-refractivity contribution in [3.8, 4) is 0 Å². The first-order chi connectivity index (χ1) is 14.2. The van der Waals surface area contributed by atoms with Gasteiger partial charge in [-0.2, -0.15) is 13.2 Å². The van der Waals surface area contributed by atoms with Crippen molar-refractivity contribution in [2.24, 2.45) is 5.92 Å². The van der Waals surface area contributed by atoms with Crippen LogP contribution in [0.25, 0.3) is 0 Å². The van der Waals surface area contributed by atoms with E-state index in [9.17, 15) is 18.0 Å². The molecule has 0 bridgehead atoms. The number of nitrogens with zero attached hydrogens (tertiary/aromatic N) is 4. The number of hydrogen-bond donors (Lipinski definition) is 1. The van der Waals surface area contributed by atoms with E-state index in [1.54, 1.807) is 4.90 Å². The largest absolute Gasteiger partial charge is 0.451 e. The van der Waals surface area contributed by atoms with E-state index in [2.05, 4.69) is 15.5 Å². The highest BCUT2D eigenvalue weighted by Crippen LogP contribution is 2.41. The molecule has 0 saturated heterocycles. The lowest BCUT2D eigenvalue weighted by atomic mass is 9.72. The van der Waals surface area contributed by atoms with Crippen molar-refractivity contribution in [2.45, 2.75) is 50.5 Å². The molecule has 0 atom stereocenters. The van der Waals surface area contributed by atoms with Crippen LogP contribution in [0.4, 0.5) is 13.2 Å². The van der Waals surface area contributed by atoms with Crippen LogP contribution in [0.15, 0.2) is 24.3 Å². The van der Waals surface area contributed by atoms with Gasteiger partial charge in [-0.25, -0.2) is 0 Å². The second-order valence-electron chi connectivity index (χ2n) is 7.97. The molecular weight excluding hydrogens is 419 g/mol. The maximum atomic E-state index is 13.1. The summed E-state index contributed by atoms with van der Waals surface area (Å²) >= 11 is 6.16. The quantitative estimate of drug-likeness (QED) is 0.790. The summed E-state index contributed by atoms with van der Waals surface area (Å²) < 4.78 is 40.1. The van der Waals surface area contributed by atoms with E-state index in [0.29, 0.717) is 17.9 Å². The molecule has 4 rings (SSSR count). The van der Waals surface area contributed by atoms with Gasteiger partial charge in [0.2, 0.25) is 11.7 Å². The highest BCUT2D eigenvalue weighted by Gasteiger charge is 2.42. The fourth-order valence-electron chi connectivity index (χ4n) is 4.64.